The maximum Gasteiger partial charge on any atom is 0.247 e. The van der Waals surface area contributed by atoms with Crippen molar-refractivity contribution in [3.05, 3.63) is 65.7 Å². The molecular formula is C25H26ClN3O4S. The number of aromatic nitrogens is 1. The molecule has 1 heterocycles. The maximum absolute atomic E-state index is 13.2. The van der Waals surface area contributed by atoms with Crippen LogP contribution in [-0.4, -0.2) is 38.3 Å². The normalized spacial score (nSPS) is 12.6. The highest BCUT2D eigenvalue weighted by molar-refractivity contribution is 7.92. The van der Waals surface area contributed by atoms with E-state index in [1.165, 1.54) is 20.1 Å². The van der Waals surface area contributed by atoms with Gasteiger partial charge in [0.2, 0.25) is 15.9 Å². The van der Waals surface area contributed by atoms with Gasteiger partial charge in [0.15, 0.2) is 0 Å². The Morgan fingerprint density at radius 1 is 1.09 bits per heavy atom. The fourth-order valence-electron chi connectivity index (χ4n) is 4.32. The summed E-state index contributed by atoms with van der Waals surface area (Å²) in [7, 11) is -2.31. The van der Waals surface area contributed by atoms with Gasteiger partial charge in [0, 0.05) is 34.0 Å². The number of benzene rings is 3. The van der Waals surface area contributed by atoms with E-state index in [9.17, 15) is 13.2 Å². The lowest BCUT2D eigenvalue weighted by Gasteiger charge is -2.28. The first kappa shape index (κ1) is 23.9. The molecule has 1 N–H and O–H groups in total. The number of hydrogen-bond donors (Lipinski definition) is 1. The largest absolute Gasteiger partial charge is 0.495 e. The van der Waals surface area contributed by atoms with E-state index in [4.69, 9.17) is 16.3 Å². The molecule has 3 aromatic carbocycles. The molecule has 0 saturated carbocycles. The number of nitrogens with zero attached hydrogens (tertiary/aromatic N) is 2. The predicted molar refractivity (Wildman–Crippen MR) is 139 cm³/mol. The third kappa shape index (κ3) is 4.31. The van der Waals surface area contributed by atoms with Crippen LogP contribution in [0.25, 0.3) is 21.8 Å². The summed E-state index contributed by atoms with van der Waals surface area (Å²) in [5.41, 5.74) is 3.05. The Labute approximate surface area is 203 Å². The molecule has 0 aliphatic carbocycles. The molecule has 0 saturated heterocycles. The second kappa shape index (κ2) is 9.19. The summed E-state index contributed by atoms with van der Waals surface area (Å²) in [6, 6.07) is 17.4. The van der Waals surface area contributed by atoms with Crippen molar-refractivity contribution in [2.24, 2.45) is 0 Å². The molecule has 0 bridgehead atoms. The maximum atomic E-state index is 13.2. The van der Waals surface area contributed by atoms with Gasteiger partial charge < -0.3 is 14.6 Å². The van der Waals surface area contributed by atoms with Crippen molar-refractivity contribution in [3.8, 4) is 5.75 Å². The molecule has 0 fully saturated rings. The number of aryl methyl sites for hydroxylation is 1. The van der Waals surface area contributed by atoms with Crippen molar-refractivity contribution in [2.45, 2.75) is 26.4 Å². The molecule has 34 heavy (non-hydrogen) atoms. The first-order chi connectivity index (χ1) is 16.2. The van der Waals surface area contributed by atoms with Crippen molar-refractivity contribution >= 4 is 60.7 Å². The summed E-state index contributed by atoms with van der Waals surface area (Å²) in [5.74, 6) is -0.0496. The summed E-state index contributed by atoms with van der Waals surface area (Å²) in [6.07, 6.45) is 1.06. The minimum Gasteiger partial charge on any atom is -0.495 e. The van der Waals surface area contributed by atoms with E-state index in [2.05, 4.69) is 28.9 Å². The van der Waals surface area contributed by atoms with Gasteiger partial charge in [-0.25, -0.2) is 8.42 Å². The zero-order chi connectivity index (χ0) is 24.6. The van der Waals surface area contributed by atoms with Crippen LogP contribution in [0.2, 0.25) is 5.02 Å². The molecule has 1 atom stereocenters. The van der Waals surface area contributed by atoms with Crippen LogP contribution in [-0.2, 0) is 21.4 Å². The highest BCUT2D eigenvalue weighted by atomic mass is 35.5. The van der Waals surface area contributed by atoms with Gasteiger partial charge in [-0.1, -0.05) is 29.8 Å². The van der Waals surface area contributed by atoms with E-state index in [-0.39, 0.29) is 10.7 Å². The van der Waals surface area contributed by atoms with Gasteiger partial charge in [0.25, 0.3) is 0 Å². The molecule has 1 unspecified atom stereocenters. The predicted octanol–water partition coefficient (Wildman–Crippen LogP) is 5.27. The Morgan fingerprint density at radius 2 is 1.79 bits per heavy atom. The molecule has 1 aromatic heterocycles. The van der Waals surface area contributed by atoms with Crippen LogP contribution in [0.5, 0.6) is 5.75 Å². The smallest absolute Gasteiger partial charge is 0.247 e. The lowest BCUT2D eigenvalue weighted by atomic mass is 10.1. The zero-order valence-corrected chi connectivity index (χ0v) is 20.9. The van der Waals surface area contributed by atoms with Crippen LogP contribution in [0.1, 0.15) is 13.8 Å². The van der Waals surface area contributed by atoms with Crippen LogP contribution in [0.15, 0.2) is 60.7 Å². The summed E-state index contributed by atoms with van der Waals surface area (Å²) < 4.78 is 33.7. The van der Waals surface area contributed by atoms with E-state index in [1.807, 2.05) is 30.3 Å². The number of amides is 1. The molecule has 178 valence electrons. The van der Waals surface area contributed by atoms with Gasteiger partial charge in [-0.3, -0.25) is 9.10 Å². The van der Waals surface area contributed by atoms with Crippen molar-refractivity contribution in [1.82, 2.24) is 4.57 Å². The van der Waals surface area contributed by atoms with E-state index in [0.29, 0.717) is 11.4 Å². The molecule has 7 nitrogen and oxygen atoms in total. The molecule has 0 aliphatic heterocycles. The van der Waals surface area contributed by atoms with Crippen molar-refractivity contribution in [1.29, 1.82) is 0 Å². The average Bonchev–Trinajstić information content (AvgIpc) is 3.11. The number of fused-ring (bicyclic) bond motifs is 3. The molecule has 4 aromatic rings. The summed E-state index contributed by atoms with van der Waals surface area (Å²) in [6.45, 7) is 4.45. The number of hydrogen-bond acceptors (Lipinski definition) is 4. The van der Waals surface area contributed by atoms with E-state index >= 15 is 0 Å². The second-order valence-corrected chi connectivity index (χ2v) is 10.3. The quantitative estimate of drug-likeness (QED) is 0.375. The lowest BCUT2D eigenvalue weighted by molar-refractivity contribution is -0.116. The van der Waals surface area contributed by atoms with Crippen LogP contribution < -0.4 is 14.4 Å². The SMILES string of the molecule is CCn1c2ccccc2c2cc(NC(=O)C(C)N(c3ccc(OC)c(Cl)c3)S(C)(=O)=O)ccc21. The van der Waals surface area contributed by atoms with Crippen LogP contribution in [0.3, 0.4) is 0 Å². The van der Waals surface area contributed by atoms with Gasteiger partial charge in [-0.2, -0.15) is 0 Å². The van der Waals surface area contributed by atoms with Crippen LogP contribution >= 0.6 is 11.6 Å². The Bertz CT molecular complexity index is 1500. The topological polar surface area (TPSA) is 80.6 Å². The minimum absolute atomic E-state index is 0.249. The molecule has 0 radical (unpaired) electrons. The van der Waals surface area contributed by atoms with E-state index < -0.39 is 22.0 Å². The highest BCUT2D eigenvalue weighted by Gasteiger charge is 2.30. The van der Waals surface area contributed by atoms with Crippen molar-refractivity contribution < 1.29 is 17.9 Å². The number of nitrogens with one attached hydrogen (secondary N) is 1. The van der Waals surface area contributed by atoms with Crippen molar-refractivity contribution in [2.75, 3.05) is 23.0 Å². The fraction of sp³-hybridized carbons (Fsp3) is 0.240. The standard InChI is InChI=1S/C25H26ClN3O4S/c1-5-28-22-9-7-6-8-19(22)20-14-17(10-12-23(20)28)27-25(30)16(2)29(34(4,31)32)18-11-13-24(33-3)21(26)15-18/h6-16H,5H2,1-4H3,(H,27,30). The number of ether oxygens (including phenoxy) is 1. The fourth-order valence-corrected chi connectivity index (χ4v) is 5.74. The number of carbonyl (C=O) groups is 1. The first-order valence-electron chi connectivity index (χ1n) is 10.8. The first-order valence-corrected chi connectivity index (χ1v) is 13.0. The Balaban J connectivity index is 1.68. The summed E-state index contributed by atoms with van der Waals surface area (Å²) in [5, 5.41) is 5.23. The van der Waals surface area contributed by atoms with Gasteiger partial charge in [-0.15, -0.1) is 0 Å². The monoisotopic (exact) mass is 499 g/mol. The number of methoxy groups -OCH3 is 1. The van der Waals surface area contributed by atoms with Gasteiger partial charge in [0.05, 0.1) is 24.1 Å². The van der Waals surface area contributed by atoms with Crippen LogP contribution in [0, 0.1) is 0 Å². The number of para-hydroxylation sites is 1. The second-order valence-electron chi connectivity index (χ2n) is 8.04. The van der Waals surface area contributed by atoms with Gasteiger partial charge in [-0.05, 0) is 56.3 Å². The number of halogens is 1. The number of carbonyl (C=O) groups excluding carboxylic acids is 1. The number of anilines is 2. The minimum atomic E-state index is -3.78. The molecule has 4 rings (SSSR count). The molecule has 1 amide bonds. The Morgan fingerprint density at radius 3 is 2.44 bits per heavy atom. The van der Waals surface area contributed by atoms with Gasteiger partial charge >= 0.3 is 0 Å². The molecule has 0 aliphatic rings. The van der Waals surface area contributed by atoms with Crippen molar-refractivity contribution in [3.63, 3.8) is 0 Å². The van der Waals surface area contributed by atoms with E-state index in [1.54, 1.807) is 12.1 Å². The third-order valence-corrected chi connectivity index (χ3v) is 7.37. The average molecular weight is 500 g/mol. The van der Waals surface area contributed by atoms with Gasteiger partial charge in [0.1, 0.15) is 11.8 Å². The van der Waals surface area contributed by atoms with E-state index in [0.717, 1.165) is 38.9 Å². The lowest BCUT2D eigenvalue weighted by Crippen LogP contribution is -2.45. The van der Waals surface area contributed by atoms with Crippen LogP contribution in [0.4, 0.5) is 11.4 Å². The number of rotatable bonds is 7. The molecule has 9 heteroatoms. The summed E-state index contributed by atoms with van der Waals surface area (Å²) >= 11 is 6.21. The zero-order valence-electron chi connectivity index (χ0n) is 19.4. The third-order valence-electron chi connectivity index (χ3n) is 5.83. The molecule has 0 spiro atoms. The number of sulfonamides is 1. The highest BCUT2D eigenvalue weighted by Crippen LogP contribution is 2.33. The Hall–Kier alpha value is -3.23. The summed E-state index contributed by atoms with van der Waals surface area (Å²) in [4.78, 5) is 13.2. The molecular weight excluding hydrogens is 474 g/mol. The Kier molecular flexibility index (Phi) is 6.47.